The maximum atomic E-state index is 12.3. The maximum Gasteiger partial charge on any atom is 0.269 e. The largest absolute Gasteiger partial charge is 0.490 e. The number of hydrogen-bond donors (Lipinski definition) is 1. The zero-order chi connectivity index (χ0) is 26.1. The summed E-state index contributed by atoms with van der Waals surface area (Å²) in [5, 5.41) is 14.9. The van der Waals surface area contributed by atoms with Crippen LogP contribution in [-0.2, 0) is 23.2 Å². The molecule has 1 N–H and O–H groups in total. The van der Waals surface area contributed by atoms with E-state index in [-0.39, 0.29) is 30.0 Å². The molecule has 3 aromatic carbocycles. The Kier molecular flexibility index (Phi) is 8.78. The lowest BCUT2D eigenvalue weighted by Gasteiger charge is -2.19. The van der Waals surface area contributed by atoms with Crippen LogP contribution >= 0.6 is 0 Å². The van der Waals surface area contributed by atoms with E-state index in [9.17, 15) is 14.9 Å². The fourth-order valence-electron chi connectivity index (χ4n) is 3.39. The third kappa shape index (κ3) is 7.66. The first-order valence-corrected chi connectivity index (χ1v) is 11.7. The molecule has 0 radical (unpaired) electrons. The normalized spacial score (nSPS) is 11.3. The van der Waals surface area contributed by atoms with Gasteiger partial charge >= 0.3 is 0 Å². The Morgan fingerprint density at radius 1 is 0.972 bits per heavy atom. The summed E-state index contributed by atoms with van der Waals surface area (Å²) in [6.07, 6.45) is 1.78. The molecule has 0 bridgehead atoms. The molecule has 0 aliphatic carbocycles. The Morgan fingerprint density at radius 3 is 2.25 bits per heavy atom. The molecule has 1 amide bonds. The number of ether oxygens (including phenoxy) is 2. The van der Waals surface area contributed by atoms with E-state index < -0.39 is 4.92 Å². The standard InChI is InChI=1S/C28H31N3O5/c1-5-35-26-16-22(10-15-25(26)36-19-21-8-13-24(14-9-21)31(33)34)18-29-30-27(32)17-20-6-11-23(12-7-20)28(2,3)4/h6-16,18H,5,17,19H2,1-4H3,(H,30,32). The Hall–Kier alpha value is -4.20. The smallest absolute Gasteiger partial charge is 0.269 e. The maximum absolute atomic E-state index is 12.3. The molecule has 0 heterocycles. The second-order valence-corrected chi connectivity index (χ2v) is 9.27. The second-order valence-electron chi connectivity index (χ2n) is 9.27. The van der Waals surface area contributed by atoms with Gasteiger partial charge in [0.05, 0.1) is 24.2 Å². The Labute approximate surface area is 211 Å². The van der Waals surface area contributed by atoms with Crippen molar-refractivity contribution >= 4 is 17.8 Å². The highest BCUT2D eigenvalue weighted by Gasteiger charge is 2.13. The molecule has 188 valence electrons. The summed E-state index contributed by atoms with van der Waals surface area (Å²) in [5.41, 5.74) is 6.32. The minimum Gasteiger partial charge on any atom is -0.490 e. The van der Waals surface area contributed by atoms with Crippen molar-refractivity contribution in [2.45, 2.75) is 46.1 Å². The molecule has 8 heteroatoms. The minimum atomic E-state index is -0.440. The molecule has 3 rings (SSSR count). The fourth-order valence-corrected chi connectivity index (χ4v) is 3.39. The Bertz CT molecular complexity index is 1210. The molecule has 8 nitrogen and oxygen atoms in total. The number of carbonyl (C=O) groups excluding carboxylic acids is 1. The lowest BCUT2D eigenvalue weighted by atomic mass is 9.86. The summed E-state index contributed by atoms with van der Waals surface area (Å²) in [7, 11) is 0. The van der Waals surface area contributed by atoms with Crippen LogP contribution in [0.25, 0.3) is 0 Å². The summed E-state index contributed by atoms with van der Waals surface area (Å²) in [6.45, 7) is 9.00. The quantitative estimate of drug-likeness (QED) is 0.228. The van der Waals surface area contributed by atoms with Crippen molar-refractivity contribution < 1.29 is 19.2 Å². The van der Waals surface area contributed by atoms with Crippen LogP contribution in [0.2, 0.25) is 0 Å². The van der Waals surface area contributed by atoms with E-state index in [0.717, 1.165) is 16.7 Å². The predicted molar refractivity (Wildman–Crippen MR) is 140 cm³/mol. The number of non-ortho nitro benzene ring substituents is 1. The van der Waals surface area contributed by atoms with E-state index in [1.54, 1.807) is 36.5 Å². The lowest BCUT2D eigenvalue weighted by molar-refractivity contribution is -0.384. The van der Waals surface area contributed by atoms with Gasteiger partial charge in [-0.2, -0.15) is 5.10 Å². The molecule has 0 saturated heterocycles. The zero-order valence-corrected chi connectivity index (χ0v) is 21.0. The highest BCUT2D eigenvalue weighted by molar-refractivity contribution is 5.84. The minimum absolute atomic E-state index is 0.0305. The first-order chi connectivity index (χ1) is 17.2. The fraction of sp³-hybridized carbons (Fsp3) is 0.286. The van der Waals surface area contributed by atoms with Gasteiger partial charge in [-0.1, -0.05) is 45.0 Å². The highest BCUT2D eigenvalue weighted by atomic mass is 16.6. The van der Waals surface area contributed by atoms with E-state index in [1.807, 2.05) is 31.2 Å². The monoisotopic (exact) mass is 489 g/mol. The zero-order valence-electron chi connectivity index (χ0n) is 21.0. The molecule has 0 spiro atoms. The van der Waals surface area contributed by atoms with Gasteiger partial charge in [0, 0.05) is 12.1 Å². The van der Waals surface area contributed by atoms with Gasteiger partial charge in [-0.05, 0) is 64.9 Å². The van der Waals surface area contributed by atoms with E-state index in [1.165, 1.54) is 17.7 Å². The van der Waals surface area contributed by atoms with E-state index in [2.05, 4.69) is 31.3 Å². The Balaban J connectivity index is 1.57. The molecular formula is C28H31N3O5. The number of nitrogens with one attached hydrogen (secondary N) is 1. The summed E-state index contributed by atoms with van der Waals surface area (Å²) < 4.78 is 11.6. The molecular weight excluding hydrogens is 458 g/mol. The van der Waals surface area contributed by atoms with Crippen LogP contribution in [-0.4, -0.2) is 23.7 Å². The molecule has 3 aromatic rings. The number of nitro benzene ring substituents is 1. The number of hydrogen-bond acceptors (Lipinski definition) is 6. The molecule has 36 heavy (non-hydrogen) atoms. The van der Waals surface area contributed by atoms with Crippen LogP contribution in [0.15, 0.2) is 71.8 Å². The van der Waals surface area contributed by atoms with Gasteiger partial charge in [-0.3, -0.25) is 14.9 Å². The van der Waals surface area contributed by atoms with Crippen LogP contribution in [0.3, 0.4) is 0 Å². The SMILES string of the molecule is CCOc1cc(C=NNC(=O)Cc2ccc(C(C)(C)C)cc2)ccc1OCc1ccc([N+](=O)[O-])cc1. The van der Waals surface area contributed by atoms with Crippen molar-refractivity contribution in [3.63, 3.8) is 0 Å². The van der Waals surface area contributed by atoms with E-state index in [0.29, 0.717) is 18.1 Å². The van der Waals surface area contributed by atoms with Crippen molar-refractivity contribution in [3.8, 4) is 11.5 Å². The predicted octanol–water partition coefficient (Wildman–Crippen LogP) is 5.56. The summed E-state index contributed by atoms with van der Waals surface area (Å²) >= 11 is 0. The third-order valence-electron chi connectivity index (χ3n) is 5.40. The van der Waals surface area contributed by atoms with Gasteiger partial charge in [-0.15, -0.1) is 0 Å². The third-order valence-corrected chi connectivity index (χ3v) is 5.40. The van der Waals surface area contributed by atoms with Gasteiger partial charge in [0.15, 0.2) is 11.5 Å². The van der Waals surface area contributed by atoms with Gasteiger partial charge in [0.1, 0.15) is 6.61 Å². The van der Waals surface area contributed by atoms with E-state index in [4.69, 9.17) is 9.47 Å². The Morgan fingerprint density at radius 2 is 1.64 bits per heavy atom. The van der Waals surface area contributed by atoms with Crippen molar-refractivity contribution in [2.75, 3.05) is 6.61 Å². The number of amides is 1. The highest BCUT2D eigenvalue weighted by Crippen LogP contribution is 2.29. The molecule has 0 aliphatic heterocycles. The summed E-state index contributed by atoms with van der Waals surface area (Å²) in [5.74, 6) is 0.867. The number of carbonyl (C=O) groups is 1. The number of nitrogens with zero attached hydrogens (tertiary/aromatic N) is 2. The number of hydrazone groups is 1. The van der Waals surface area contributed by atoms with Crippen molar-refractivity contribution in [1.82, 2.24) is 5.43 Å². The molecule has 0 aliphatic rings. The van der Waals surface area contributed by atoms with Crippen molar-refractivity contribution in [2.24, 2.45) is 5.10 Å². The van der Waals surface area contributed by atoms with Crippen molar-refractivity contribution in [3.05, 3.63) is 99.1 Å². The van der Waals surface area contributed by atoms with Crippen LogP contribution < -0.4 is 14.9 Å². The van der Waals surface area contributed by atoms with Crippen molar-refractivity contribution in [1.29, 1.82) is 0 Å². The number of nitro groups is 1. The van der Waals surface area contributed by atoms with Gasteiger partial charge in [0.2, 0.25) is 5.91 Å². The molecule has 0 fully saturated rings. The topological polar surface area (TPSA) is 103 Å². The van der Waals surface area contributed by atoms with Gasteiger partial charge < -0.3 is 9.47 Å². The summed E-state index contributed by atoms with van der Waals surface area (Å²) in [4.78, 5) is 22.6. The first-order valence-electron chi connectivity index (χ1n) is 11.7. The average Bonchev–Trinajstić information content (AvgIpc) is 2.84. The van der Waals surface area contributed by atoms with E-state index >= 15 is 0 Å². The van der Waals surface area contributed by atoms with Gasteiger partial charge in [-0.25, -0.2) is 5.43 Å². The second kappa shape index (κ2) is 12.0. The molecule has 0 aromatic heterocycles. The van der Waals surface area contributed by atoms with Crippen LogP contribution in [0.4, 0.5) is 5.69 Å². The number of rotatable bonds is 10. The summed E-state index contributed by atoms with van der Waals surface area (Å²) in [6, 6.07) is 19.6. The van der Waals surface area contributed by atoms with Crippen LogP contribution in [0, 0.1) is 10.1 Å². The number of benzene rings is 3. The molecule has 0 unspecified atom stereocenters. The molecule has 0 atom stereocenters. The van der Waals surface area contributed by atoms with Gasteiger partial charge in [0.25, 0.3) is 5.69 Å². The van der Waals surface area contributed by atoms with Crippen LogP contribution in [0.1, 0.15) is 49.9 Å². The average molecular weight is 490 g/mol. The molecule has 0 saturated carbocycles. The van der Waals surface area contributed by atoms with Crippen LogP contribution in [0.5, 0.6) is 11.5 Å². The first kappa shape index (κ1) is 26.4. The lowest BCUT2D eigenvalue weighted by Crippen LogP contribution is -2.20.